The highest BCUT2D eigenvalue weighted by Crippen LogP contribution is 2.20. The number of nitrogens with one attached hydrogen (secondary N) is 2. The predicted molar refractivity (Wildman–Crippen MR) is 114 cm³/mol. The van der Waals surface area contributed by atoms with Crippen molar-refractivity contribution in [2.75, 3.05) is 0 Å². The Bertz CT molecular complexity index is 1090. The van der Waals surface area contributed by atoms with Crippen molar-refractivity contribution in [1.82, 2.24) is 10.0 Å². The van der Waals surface area contributed by atoms with Gasteiger partial charge in [0.25, 0.3) is 5.91 Å². The largest absolute Gasteiger partial charge is 0.468 e. The molecule has 0 radical (unpaired) electrons. The van der Waals surface area contributed by atoms with Gasteiger partial charge in [0.1, 0.15) is 5.76 Å². The molecular formula is C21H21BrN2O4S. The van der Waals surface area contributed by atoms with E-state index < -0.39 is 10.0 Å². The van der Waals surface area contributed by atoms with Gasteiger partial charge < -0.3 is 9.73 Å². The fourth-order valence-electron chi connectivity index (χ4n) is 2.78. The van der Waals surface area contributed by atoms with Crippen LogP contribution >= 0.6 is 15.9 Å². The van der Waals surface area contributed by atoms with Crippen molar-refractivity contribution >= 4 is 31.9 Å². The maximum Gasteiger partial charge on any atom is 0.252 e. The van der Waals surface area contributed by atoms with Gasteiger partial charge in [-0.1, -0.05) is 34.1 Å². The second kappa shape index (κ2) is 8.94. The van der Waals surface area contributed by atoms with E-state index in [-0.39, 0.29) is 23.4 Å². The monoisotopic (exact) mass is 476 g/mol. The molecule has 8 heteroatoms. The summed E-state index contributed by atoms with van der Waals surface area (Å²) in [6, 6.07) is 15.3. The zero-order valence-corrected chi connectivity index (χ0v) is 18.4. The molecular weight excluding hydrogens is 456 g/mol. The molecule has 0 aliphatic carbocycles. The van der Waals surface area contributed by atoms with Gasteiger partial charge in [-0.3, -0.25) is 4.79 Å². The Labute approximate surface area is 178 Å². The van der Waals surface area contributed by atoms with Gasteiger partial charge in [-0.25, -0.2) is 13.1 Å². The minimum atomic E-state index is -3.79. The Hall–Kier alpha value is -2.42. The zero-order chi connectivity index (χ0) is 21.0. The highest BCUT2D eigenvalue weighted by Gasteiger charge is 2.19. The Balaban J connectivity index is 1.77. The van der Waals surface area contributed by atoms with Crippen LogP contribution in [0.3, 0.4) is 0 Å². The van der Waals surface area contributed by atoms with E-state index in [9.17, 15) is 13.2 Å². The fourth-order valence-corrected chi connectivity index (χ4v) is 4.07. The van der Waals surface area contributed by atoms with Crippen LogP contribution in [0.1, 0.15) is 40.2 Å². The van der Waals surface area contributed by atoms with E-state index in [0.717, 1.165) is 10.0 Å². The molecule has 29 heavy (non-hydrogen) atoms. The molecule has 0 fully saturated rings. The standard InChI is InChI=1S/C21H21BrN2O4S/c1-14-5-10-19(29(26,27)23-13-18-4-3-11-28-18)12-20(14)21(25)24-15(2)16-6-8-17(22)9-7-16/h3-12,15,23H,13H2,1-2H3,(H,24,25). The van der Waals surface area contributed by atoms with Gasteiger partial charge >= 0.3 is 0 Å². The van der Waals surface area contributed by atoms with Crippen molar-refractivity contribution in [3.05, 3.63) is 87.8 Å². The summed E-state index contributed by atoms with van der Waals surface area (Å²) < 4.78 is 33.8. The van der Waals surface area contributed by atoms with Crippen molar-refractivity contribution < 1.29 is 17.6 Å². The maximum absolute atomic E-state index is 12.8. The topological polar surface area (TPSA) is 88.4 Å². The molecule has 152 valence electrons. The van der Waals surface area contributed by atoms with Crippen LogP contribution in [0.25, 0.3) is 0 Å². The number of hydrogen-bond acceptors (Lipinski definition) is 4. The van der Waals surface area contributed by atoms with E-state index in [1.165, 1.54) is 18.4 Å². The lowest BCUT2D eigenvalue weighted by Gasteiger charge is -2.16. The van der Waals surface area contributed by atoms with Gasteiger partial charge in [-0.2, -0.15) is 0 Å². The van der Waals surface area contributed by atoms with Crippen LogP contribution in [0.15, 0.2) is 74.6 Å². The van der Waals surface area contributed by atoms with Crippen molar-refractivity contribution in [3.8, 4) is 0 Å². The van der Waals surface area contributed by atoms with E-state index in [4.69, 9.17) is 4.42 Å². The van der Waals surface area contributed by atoms with Gasteiger partial charge in [-0.15, -0.1) is 0 Å². The lowest BCUT2D eigenvalue weighted by molar-refractivity contribution is 0.0939. The zero-order valence-electron chi connectivity index (χ0n) is 16.0. The number of sulfonamides is 1. The SMILES string of the molecule is Cc1ccc(S(=O)(=O)NCc2ccco2)cc1C(=O)NC(C)c1ccc(Br)cc1. The number of amides is 1. The maximum atomic E-state index is 12.8. The van der Waals surface area contributed by atoms with Crippen LogP contribution in [-0.4, -0.2) is 14.3 Å². The van der Waals surface area contributed by atoms with E-state index in [0.29, 0.717) is 16.9 Å². The second-order valence-corrected chi connectivity index (χ2v) is 9.31. The summed E-state index contributed by atoms with van der Waals surface area (Å²) in [6.45, 7) is 3.68. The summed E-state index contributed by atoms with van der Waals surface area (Å²) in [7, 11) is -3.79. The first-order valence-corrected chi connectivity index (χ1v) is 11.2. The highest BCUT2D eigenvalue weighted by atomic mass is 79.9. The molecule has 1 amide bonds. The first-order valence-electron chi connectivity index (χ1n) is 8.95. The molecule has 0 aliphatic rings. The number of benzene rings is 2. The number of furan rings is 1. The molecule has 3 aromatic rings. The van der Waals surface area contributed by atoms with Crippen molar-refractivity contribution in [3.63, 3.8) is 0 Å². The molecule has 0 aliphatic heterocycles. The normalized spacial score (nSPS) is 12.5. The van der Waals surface area contributed by atoms with E-state index in [2.05, 4.69) is 26.0 Å². The van der Waals surface area contributed by atoms with Crippen LogP contribution in [0.4, 0.5) is 0 Å². The lowest BCUT2D eigenvalue weighted by atomic mass is 10.1. The summed E-state index contributed by atoms with van der Waals surface area (Å²) >= 11 is 3.39. The van der Waals surface area contributed by atoms with Crippen LogP contribution in [0, 0.1) is 6.92 Å². The van der Waals surface area contributed by atoms with Crippen LogP contribution < -0.4 is 10.0 Å². The number of halogens is 1. The molecule has 0 saturated carbocycles. The molecule has 2 N–H and O–H groups in total. The second-order valence-electron chi connectivity index (χ2n) is 6.63. The van der Waals surface area contributed by atoms with Gasteiger partial charge in [0, 0.05) is 10.0 Å². The summed E-state index contributed by atoms with van der Waals surface area (Å²) in [5.41, 5.74) is 1.95. The molecule has 2 aromatic carbocycles. The van der Waals surface area contributed by atoms with Gasteiger partial charge in [0.15, 0.2) is 0 Å². The third-order valence-electron chi connectivity index (χ3n) is 4.50. The Morgan fingerprint density at radius 3 is 2.52 bits per heavy atom. The quantitative estimate of drug-likeness (QED) is 0.531. The number of aryl methyl sites for hydroxylation is 1. The molecule has 3 rings (SSSR count). The molecule has 0 saturated heterocycles. The van der Waals surface area contributed by atoms with E-state index in [1.54, 1.807) is 25.1 Å². The summed E-state index contributed by atoms with van der Waals surface area (Å²) in [5, 5.41) is 2.92. The number of hydrogen-bond donors (Lipinski definition) is 2. The Morgan fingerprint density at radius 1 is 1.14 bits per heavy atom. The third kappa shape index (κ3) is 5.35. The summed E-state index contributed by atoms with van der Waals surface area (Å²) in [5.74, 6) is 0.169. The van der Waals surface area contributed by atoms with Crippen molar-refractivity contribution in [1.29, 1.82) is 0 Å². The van der Waals surface area contributed by atoms with Crippen LogP contribution in [0.5, 0.6) is 0 Å². The molecule has 1 unspecified atom stereocenters. The van der Waals surface area contributed by atoms with Crippen molar-refractivity contribution in [2.24, 2.45) is 0 Å². The molecule has 6 nitrogen and oxygen atoms in total. The lowest BCUT2D eigenvalue weighted by Crippen LogP contribution is -2.28. The van der Waals surface area contributed by atoms with Crippen LogP contribution in [0.2, 0.25) is 0 Å². The summed E-state index contributed by atoms with van der Waals surface area (Å²) in [4.78, 5) is 12.8. The molecule has 0 bridgehead atoms. The average molecular weight is 477 g/mol. The summed E-state index contributed by atoms with van der Waals surface area (Å²) in [6.07, 6.45) is 1.48. The van der Waals surface area contributed by atoms with E-state index >= 15 is 0 Å². The average Bonchev–Trinajstić information content (AvgIpc) is 3.21. The Kier molecular flexibility index (Phi) is 6.56. The fraction of sp³-hybridized carbons (Fsp3) is 0.190. The number of rotatable bonds is 7. The highest BCUT2D eigenvalue weighted by molar-refractivity contribution is 9.10. The van der Waals surface area contributed by atoms with Crippen molar-refractivity contribution in [2.45, 2.75) is 31.3 Å². The minimum absolute atomic E-state index is 0.0242. The van der Waals surface area contributed by atoms with Gasteiger partial charge in [0.05, 0.1) is 23.7 Å². The van der Waals surface area contributed by atoms with Crippen LogP contribution in [-0.2, 0) is 16.6 Å². The Morgan fingerprint density at radius 2 is 1.86 bits per heavy atom. The smallest absolute Gasteiger partial charge is 0.252 e. The first kappa shape index (κ1) is 21.3. The number of carbonyl (C=O) groups excluding carboxylic acids is 1. The third-order valence-corrected chi connectivity index (χ3v) is 6.43. The van der Waals surface area contributed by atoms with E-state index in [1.807, 2.05) is 31.2 Å². The molecule has 0 spiro atoms. The van der Waals surface area contributed by atoms with Gasteiger partial charge in [-0.05, 0) is 61.4 Å². The molecule has 1 aromatic heterocycles. The van der Waals surface area contributed by atoms with Gasteiger partial charge in [0.2, 0.25) is 10.0 Å². The number of carbonyl (C=O) groups is 1. The molecule has 1 heterocycles. The molecule has 1 atom stereocenters. The predicted octanol–water partition coefficient (Wildman–Crippen LogP) is 4.32. The minimum Gasteiger partial charge on any atom is -0.468 e. The first-order chi connectivity index (χ1) is 13.8.